The molecule has 1 rings (SSSR count). The van der Waals surface area contributed by atoms with E-state index in [0.717, 1.165) is 0 Å². The minimum absolute atomic E-state index is 0.0727. The highest BCUT2D eigenvalue weighted by Crippen LogP contribution is 2.19. The molecule has 0 bridgehead atoms. The molecule has 4 N–H and O–H groups in total. The van der Waals surface area contributed by atoms with Crippen LogP contribution in [0.3, 0.4) is 0 Å². The zero-order valence-corrected chi connectivity index (χ0v) is 11.6. The van der Waals surface area contributed by atoms with Gasteiger partial charge in [-0.05, 0) is 0 Å². The van der Waals surface area contributed by atoms with Crippen molar-refractivity contribution < 1.29 is 17.1 Å². The van der Waals surface area contributed by atoms with Crippen LogP contribution in [-0.2, 0) is 15.0 Å². The first-order chi connectivity index (χ1) is 8.88. The number of likely N-dealkylation sites (tertiary alicyclic amines) is 1. The monoisotopic (exact) mass is 296 g/mol. The molecule has 0 aromatic heterocycles. The lowest BCUT2D eigenvalue weighted by Gasteiger charge is -2.24. The summed E-state index contributed by atoms with van der Waals surface area (Å²) in [5.74, 6) is -0.327. The second-order valence-electron chi connectivity index (χ2n) is 4.56. The van der Waals surface area contributed by atoms with Crippen molar-refractivity contribution in [3.63, 3.8) is 0 Å². The van der Waals surface area contributed by atoms with Crippen LogP contribution in [0.5, 0.6) is 0 Å². The molecule has 1 saturated heterocycles. The molecule has 0 aromatic rings. The van der Waals surface area contributed by atoms with Gasteiger partial charge in [-0.15, -0.1) is 3.89 Å². The van der Waals surface area contributed by atoms with E-state index in [1.807, 2.05) is 4.90 Å². The second-order valence-corrected chi connectivity index (χ2v) is 6.18. The lowest BCUT2D eigenvalue weighted by Crippen LogP contribution is -2.40. The van der Waals surface area contributed by atoms with E-state index in [1.54, 1.807) is 0 Å². The lowest BCUT2D eigenvalue weighted by atomic mass is 10.4. The Morgan fingerprint density at radius 2 is 1.84 bits per heavy atom. The summed E-state index contributed by atoms with van der Waals surface area (Å²) in [4.78, 5) is 15.0. The summed E-state index contributed by atoms with van der Waals surface area (Å²) in [6.45, 7) is 3.12. The zero-order chi connectivity index (χ0) is 14.5. The van der Waals surface area contributed by atoms with Crippen LogP contribution in [0.15, 0.2) is 0 Å². The van der Waals surface area contributed by atoms with E-state index < -0.39 is 15.5 Å². The van der Waals surface area contributed by atoms with Crippen molar-refractivity contribution >= 4 is 16.1 Å². The molecule has 0 radical (unpaired) electrons. The van der Waals surface area contributed by atoms with E-state index in [1.165, 1.54) is 4.90 Å². The number of halogens is 1. The van der Waals surface area contributed by atoms with Crippen molar-refractivity contribution in [3.8, 4) is 0 Å². The van der Waals surface area contributed by atoms with Gasteiger partial charge in [-0.25, -0.2) is 0 Å². The summed E-state index contributed by atoms with van der Waals surface area (Å²) in [5.41, 5.74) is 10.9. The molecule has 112 valence electrons. The quantitative estimate of drug-likeness (QED) is 0.507. The minimum Gasteiger partial charge on any atom is -0.340 e. The molecule has 9 heteroatoms. The Morgan fingerprint density at radius 3 is 2.26 bits per heavy atom. The predicted octanol–water partition coefficient (Wildman–Crippen LogP) is -1.89. The number of hydrogen-bond acceptors (Lipinski definition) is 6. The summed E-state index contributed by atoms with van der Waals surface area (Å²) in [6.07, 6.45) is -0.271. The maximum Gasteiger partial charge on any atom is 0.307 e. The molecular weight excluding hydrogens is 275 g/mol. The summed E-state index contributed by atoms with van der Waals surface area (Å²) in [5, 5.41) is -1.22. The summed E-state index contributed by atoms with van der Waals surface area (Å²) < 4.78 is 34.4. The Hall–Kier alpha value is -0.770. The average Bonchev–Trinajstić information content (AvgIpc) is 2.68. The topological polar surface area (TPSA) is 110 Å². The number of nitrogens with zero attached hydrogens (tertiary/aromatic N) is 2. The molecule has 0 spiro atoms. The Balaban J connectivity index is 2.47. The third-order valence-corrected chi connectivity index (χ3v) is 4.27. The lowest BCUT2D eigenvalue weighted by molar-refractivity contribution is -0.127. The average molecular weight is 296 g/mol. The Labute approximate surface area is 112 Å². The van der Waals surface area contributed by atoms with Gasteiger partial charge in [-0.1, -0.05) is 0 Å². The Bertz CT molecular complexity index is 398. The van der Waals surface area contributed by atoms with Gasteiger partial charge in [0.25, 0.3) is 0 Å². The Kier molecular flexibility index (Phi) is 6.11. The molecule has 0 aliphatic carbocycles. The van der Waals surface area contributed by atoms with Gasteiger partial charge >= 0.3 is 10.2 Å². The summed E-state index contributed by atoms with van der Waals surface area (Å²) >= 11 is 0. The minimum atomic E-state index is -4.64. The van der Waals surface area contributed by atoms with Crippen molar-refractivity contribution in [3.05, 3.63) is 0 Å². The van der Waals surface area contributed by atoms with E-state index in [-0.39, 0.29) is 18.9 Å². The van der Waals surface area contributed by atoms with E-state index >= 15 is 0 Å². The maximum atomic E-state index is 12.8. The largest absolute Gasteiger partial charge is 0.340 e. The van der Waals surface area contributed by atoms with Crippen LogP contribution < -0.4 is 11.5 Å². The molecule has 7 nitrogen and oxygen atoms in total. The first-order valence-corrected chi connectivity index (χ1v) is 7.67. The molecule has 1 amide bonds. The van der Waals surface area contributed by atoms with Crippen LogP contribution in [-0.4, -0.2) is 75.2 Å². The standard InChI is InChI=1S/C10H21FN4O3S/c11-19(17,18)9-7-10(16)15(8-9)6-5-14(3-1-12)4-2-13/h9H,1-8,12-13H2. The number of carbonyl (C=O) groups is 1. The third kappa shape index (κ3) is 5.01. The van der Waals surface area contributed by atoms with Gasteiger partial charge in [0, 0.05) is 52.2 Å². The van der Waals surface area contributed by atoms with Gasteiger partial charge in [-0.3, -0.25) is 9.69 Å². The number of rotatable bonds is 8. The van der Waals surface area contributed by atoms with Crippen LogP contribution in [0, 0.1) is 0 Å². The fourth-order valence-electron chi connectivity index (χ4n) is 2.10. The molecule has 19 heavy (non-hydrogen) atoms. The van der Waals surface area contributed by atoms with Gasteiger partial charge < -0.3 is 16.4 Å². The molecule has 1 fully saturated rings. The smallest absolute Gasteiger partial charge is 0.307 e. The fourth-order valence-corrected chi connectivity index (χ4v) is 2.80. The van der Waals surface area contributed by atoms with E-state index in [0.29, 0.717) is 39.3 Å². The van der Waals surface area contributed by atoms with E-state index in [2.05, 4.69) is 0 Å². The fraction of sp³-hybridized carbons (Fsp3) is 0.900. The van der Waals surface area contributed by atoms with Crippen LogP contribution in [0.1, 0.15) is 6.42 Å². The van der Waals surface area contributed by atoms with Gasteiger partial charge in [-0.2, -0.15) is 8.42 Å². The normalized spacial score (nSPS) is 20.5. The molecule has 0 saturated carbocycles. The van der Waals surface area contributed by atoms with Crippen molar-refractivity contribution in [1.82, 2.24) is 9.80 Å². The Morgan fingerprint density at radius 1 is 1.26 bits per heavy atom. The molecule has 0 aromatic carbocycles. The van der Waals surface area contributed by atoms with Crippen molar-refractivity contribution in [1.29, 1.82) is 0 Å². The highest BCUT2D eigenvalue weighted by molar-refractivity contribution is 7.87. The predicted molar refractivity (Wildman–Crippen MR) is 69.6 cm³/mol. The first-order valence-electron chi connectivity index (χ1n) is 6.22. The van der Waals surface area contributed by atoms with Crippen molar-refractivity contribution in [2.24, 2.45) is 11.5 Å². The SMILES string of the molecule is NCCN(CCN)CCN1CC(S(=O)(=O)F)CC1=O. The molecule has 1 heterocycles. The van der Waals surface area contributed by atoms with E-state index in [9.17, 15) is 17.1 Å². The molecule has 1 unspecified atom stereocenters. The molecular formula is C10H21FN4O3S. The molecule has 1 aliphatic rings. The van der Waals surface area contributed by atoms with Crippen LogP contribution in [0.2, 0.25) is 0 Å². The first kappa shape index (κ1) is 16.3. The molecule has 1 aliphatic heterocycles. The summed E-state index contributed by atoms with van der Waals surface area (Å²) in [6, 6.07) is 0. The second kappa shape index (κ2) is 7.13. The highest BCUT2D eigenvalue weighted by Gasteiger charge is 2.38. The van der Waals surface area contributed by atoms with Gasteiger partial charge in [0.1, 0.15) is 5.25 Å². The number of carbonyl (C=O) groups excluding carboxylic acids is 1. The zero-order valence-electron chi connectivity index (χ0n) is 10.8. The van der Waals surface area contributed by atoms with Gasteiger partial charge in [0.2, 0.25) is 5.91 Å². The van der Waals surface area contributed by atoms with Crippen LogP contribution in [0.25, 0.3) is 0 Å². The third-order valence-electron chi connectivity index (χ3n) is 3.15. The van der Waals surface area contributed by atoms with Crippen molar-refractivity contribution in [2.45, 2.75) is 11.7 Å². The highest BCUT2D eigenvalue weighted by atomic mass is 32.3. The number of hydrogen-bond donors (Lipinski definition) is 2. The van der Waals surface area contributed by atoms with E-state index in [4.69, 9.17) is 11.5 Å². The van der Waals surface area contributed by atoms with Crippen molar-refractivity contribution in [2.75, 3.05) is 45.8 Å². The number of amides is 1. The van der Waals surface area contributed by atoms with Crippen LogP contribution in [0.4, 0.5) is 3.89 Å². The van der Waals surface area contributed by atoms with Gasteiger partial charge in [0.05, 0.1) is 0 Å². The summed E-state index contributed by atoms with van der Waals surface area (Å²) in [7, 11) is -4.64. The number of nitrogens with two attached hydrogens (primary N) is 2. The van der Waals surface area contributed by atoms with Gasteiger partial charge in [0.15, 0.2) is 0 Å². The van der Waals surface area contributed by atoms with Crippen LogP contribution >= 0.6 is 0 Å². The maximum absolute atomic E-state index is 12.8. The molecule has 1 atom stereocenters.